The standard InChI is InChI=1S/C22H20N4O4S2/c1-3-23-20(27)15-10-9-14-11-17(21(28)24-18(14)12-15)19-13-31-22(25-19)26(2)32(29,30)16-7-5-4-6-8-16/h4-13H,3H2,1-2H3,(H,23,27)(H,24,28). The number of pyridine rings is 1. The number of aromatic amines is 1. The van der Waals surface area contributed by atoms with Crippen molar-refractivity contribution in [2.75, 3.05) is 17.9 Å². The number of rotatable bonds is 6. The summed E-state index contributed by atoms with van der Waals surface area (Å²) in [5.41, 5.74) is 1.29. The lowest BCUT2D eigenvalue weighted by Gasteiger charge is -2.16. The Morgan fingerprint density at radius 1 is 1.16 bits per heavy atom. The Balaban J connectivity index is 1.68. The van der Waals surface area contributed by atoms with E-state index < -0.39 is 10.0 Å². The van der Waals surface area contributed by atoms with E-state index in [0.717, 1.165) is 21.0 Å². The average Bonchev–Trinajstić information content (AvgIpc) is 3.28. The van der Waals surface area contributed by atoms with Crippen LogP contribution in [-0.4, -0.2) is 37.9 Å². The Morgan fingerprint density at radius 2 is 1.91 bits per heavy atom. The van der Waals surface area contributed by atoms with E-state index in [9.17, 15) is 18.0 Å². The van der Waals surface area contributed by atoms with Crippen LogP contribution in [0.4, 0.5) is 5.13 Å². The highest BCUT2D eigenvalue weighted by atomic mass is 32.2. The molecule has 0 bridgehead atoms. The molecule has 0 atom stereocenters. The third-order valence-electron chi connectivity index (χ3n) is 4.88. The monoisotopic (exact) mass is 468 g/mol. The van der Waals surface area contributed by atoms with Crippen molar-refractivity contribution in [3.8, 4) is 11.3 Å². The summed E-state index contributed by atoms with van der Waals surface area (Å²) in [6.07, 6.45) is 0. The van der Waals surface area contributed by atoms with E-state index in [2.05, 4.69) is 15.3 Å². The molecule has 164 valence electrons. The summed E-state index contributed by atoms with van der Waals surface area (Å²) in [5.74, 6) is -0.217. The van der Waals surface area contributed by atoms with Gasteiger partial charge in [-0.15, -0.1) is 11.3 Å². The molecule has 4 aromatic rings. The van der Waals surface area contributed by atoms with Crippen molar-refractivity contribution in [2.45, 2.75) is 11.8 Å². The van der Waals surface area contributed by atoms with Gasteiger partial charge < -0.3 is 10.3 Å². The Hall–Kier alpha value is -3.50. The van der Waals surface area contributed by atoms with Gasteiger partial charge in [-0.3, -0.25) is 9.59 Å². The molecule has 2 N–H and O–H groups in total. The fraction of sp³-hybridized carbons (Fsp3) is 0.136. The molecule has 32 heavy (non-hydrogen) atoms. The summed E-state index contributed by atoms with van der Waals surface area (Å²) in [5, 5.41) is 5.34. The minimum absolute atomic E-state index is 0.158. The summed E-state index contributed by atoms with van der Waals surface area (Å²) in [4.78, 5) is 32.1. The molecule has 0 aliphatic heterocycles. The van der Waals surface area contributed by atoms with Crippen LogP contribution in [0.3, 0.4) is 0 Å². The molecular weight excluding hydrogens is 448 g/mol. The van der Waals surface area contributed by atoms with Crippen LogP contribution in [-0.2, 0) is 10.0 Å². The van der Waals surface area contributed by atoms with Gasteiger partial charge in [0.2, 0.25) is 0 Å². The maximum Gasteiger partial charge on any atom is 0.265 e. The molecule has 2 aromatic heterocycles. The molecule has 0 saturated carbocycles. The first-order valence-corrected chi connectivity index (χ1v) is 12.1. The number of benzene rings is 2. The molecule has 0 spiro atoms. The zero-order valence-electron chi connectivity index (χ0n) is 17.3. The second-order valence-electron chi connectivity index (χ2n) is 6.97. The molecule has 0 aliphatic rings. The van der Waals surface area contributed by atoms with Crippen molar-refractivity contribution in [1.82, 2.24) is 15.3 Å². The van der Waals surface area contributed by atoms with Crippen LogP contribution in [0.1, 0.15) is 17.3 Å². The number of carbonyl (C=O) groups is 1. The number of fused-ring (bicyclic) bond motifs is 1. The molecule has 0 aliphatic carbocycles. The van der Waals surface area contributed by atoms with E-state index in [4.69, 9.17) is 0 Å². The number of carbonyl (C=O) groups excluding carboxylic acids is 1. The predicted octanol–water partition coefficient (Wildman–Crippen LogP) is 3.23. The first-order chi connectivity index (χ1) is 15.3. The summed E-state index contributed by atoms with van der Waals surface area (Å²) < 4.78 is 26.8. The smallest absolute Gasteiger partial charge is 0.265 e. The largest absolute Gasteiger partial charge is 0.352 e. The van der Waals surface area contributed by atoms with E-state index in [1.54, 1.807) is 47.8 Å². The lowest BCUT2D eigenvalue weighted by Crippen LogP contribution is -2.26. The van der Waals surface area contributed by atoms with Gasteiger partial charge >= 0.3 is 0 Å². The molecule has 2 aromatic carbocycles. The average molecular weight is 469 g/mol. The van der Waals surface area contributed by atoms with Crippen molar-refractivity contribution < 1.29 is 13.2 Å². The van der Waals surface area contributed by atoms with Crippen LogP contribution < -0.4 is 15.2 Å². The highest BCUT2D eigenvalue weighted by molar-refractivity contribution is 7.93. The minimum Gasteiger partial charge on any atom is -0.352 e. The Bertz CT molecular complexity index is 1460. The third kappa shape index (κ3) is 4.02. The quantitative estimate of drug-likeness (QED) is 0.451. The normalized spacial score (nSPS) is 11.4. The summed E-state index contributed by atoms with van der Waals surface area (Å²) >= 11 is 1.13. The van der Waals surface area contributed by atoms with E-state index >= 15 is 0 Å². The molecule has 0 radical (unpaired) electrons. The van der Waals surface area contributed by atoms with Crippen LogP contribution in [0.5, 0.6) is 0 Å². The molecular formula is C22H20N4O4S2. The predicted molar refractivity (Wildman–Crippen MR) is 126 cm³/mol. The molecule has 1 amide bonds. The van der Waals surface area contributed by atoms with Crippen molar-refractivity contribution in [3.05, 3.63) is 75.9 Å². The maximum atomic E-state index is 12.8. The topological polar surface area (TPSA) is 112 Å². The lowest BCUT2D eigenvalue weighted by molar-refractivity contribution is 0.0956. The molecule has 4 rings (SSSR count). The van der Waals surface area contributed by atoms with Crippen molar-refractivity contribution in [1.29, 1.82) is 0 Å². The number of hydrogen-bond acceptors (Lipinski definition) is 6. The second kappa shape index (κ2) is 8.56. The van der Waals surface area contributed by atoms with E-state index in [0.29, 0.717) is 28.9 Å². The van der Waals surface area contributed by atoms with Gasteiger partial charge in [0.15, 0.2) is 5.13 Å². The third-order valence-corrected chi connectivity index (χ3v) is 7.68. The van der Waals surface area contributed by atoms with Crippen LogP contribution in [0.2, 0.25) is 0 Å². The van der Waals surface area contributed by atoms with E-state index in [-0.39, 0.29) is 21.5 Å². The van der Waals surface area contributed by atoms with Gasteiger partial charge in [-0.2, -0.15) is 0 Å². The fourth-order valence-corrected chi connectivity index (χ4v) is 5.36. The van der Waals surface area contributed by atoms with Crippen LogP contribution >= 0.6 is 11.3 Å². The molecule has 0 fully saturated rings. The number of hydrogen-bond donors (Lipinski definition) is 2. The van der Waals surface area contributed by atoms with Gasteiger partial charge in [-0.05, 0) is 42.6 Å². The van der Waals surface area contributed by atoms with Gasteiger partial charge in [-0.1, -0.05) is 24.3 Å². The van der Waals surface area contributed by atoms with E-state index in [1.807, 2.05) is 6.92 Å². The highest BCUT2D eigenvalue weighted by Gasteiger charge is 2.24. The van der Waals surface area contributed by atoms with E-state index in [1.165, 1.54) is 19.2 Å². The number of sulfonamides is 1. The number of aromatic nitrogens is 2. The van der Waals surface area contributed by atoms with Crippen LogP contribution in [0.25, 0.3) is 22.2 Å². The number of anilines is 1. The zero-order chi connectivity index (χ0) is 22.9. The Morgan fingerprint density at radius 3 is 2.62 bits per heavy atom. The highest BCUT2D eigenvalue weighted by Crippen LogP contribution is 2.29. The van der Waals surface area contributed by atoms with Crippen LogP contribution in [0, 0.1) is 0 Å². The molecule has 10 heteroatoms. The molecule has 8 nitrogen and oxygen atoms in total. The molecule has 0 saturated heterocycles. The van der Waals surface area contributed by atoms with Crippen LogP contribution in [0.15, 0.2) is 69.7 Å². The Kier molecular flexibility index (Phi) is 5.81. The summed E-state index contributed by atoms with van der Waals surface area (Å²) in [7, 11) is -2.34. The zero-order valence-corrected chi connectivity index (χ0v) is 19.0. The molecule has 2 heterocycles. The van der Waals surface area contributed by atoms with Crippen molar-refractivity contribution in [3.63, 3.8) is 0 Å². The van der Waals surface area contributed by atoms with Crippen molar-refractivity contribution >= 4 is 43.3 Å². The fourth-order valence-electron chi connectivity index (χ4n) is 3.18. The van der Waals surface area contributed by atoms with Crippen molar-refractivity contribution in [2.24, 2.45) is 0 Å². The minimum atomic E-state index is -3.77. The number of nitrogens with zero attached hydrogens (tertiary/aromatic N) is 2. The number of H-pyrrole nitrogens is 1. The van der Waals surface area contributed by atoms with Gasteiger partial charge in [0, 0.05) is 30.1 Å². The number of nitrogens with one attached hydrogen (secondary N) is 2. The van der Waals surface area contributed by atoms with Gasteiger partial charge in [-0.25, -0.2) is 17.7 Å². The SMILES string of the molecule is CCNC(=O)c1ccc2cc(-c3csc(N(C)S(=O)(=O)c4ccccc4)n3)c(=O)[nH]c2c1. The second-order valence-corrected chi connectivity index (χ2v) is 9.78. The molecule has 0 unspecified atom stereocenters. The van der Waals surface area contributed by atoms with Gasteiger partial charge in [0.25, 0.3) is 21.5 Å². The first-order valence-electron chi connectivity index (χ1n) is 9.76. The summed E-state index contributed by atoms with van der Waals surface area (Å²) in [6.45, 7) is 2.34. The number of amides is 1. The number of thiazole rings is 1. The van der Waals surface area contributed by atoms with Gasteiger partial charge in [0.05, 0.1) is 16.2 Å². The summed E-state index contributed by atoms with van der Waals surface area (Å²) in [6, 6.07) is 14.8. The maximum absolute atomic E-state index is 12.8. The van der Waals surface area contributed by atoms with Gasteiger partial charge in [0.1, 0.15) is 0 Å². The lowest BCUT2D eigenvalue weighted by atomic mass is 10.1. The Labute approximate surface area is 188 Å². The first kappa shape index (κ1) is 21.7.